The molecule has 0 saturated carbocycles. The number of nitrogens with one attached hydrogen (secondary N) is 2. The van der Waals surface area contributed by atoms with E-state index in [2.05, 4.69) is 36.4 Å². The topological polar surface area (TPSA) is 63.2 Å². The lowest BCUT2D eigenvalue weighted by molar-refractivity contribution is 0.0977. The Morgan fingerprint density at radius 2 is 1.67 bits per heavy atom. The Kier molecular flexibility index (Phi) is 6.42. The van der Waals surface area contributed by atoms with Gasteiger partial charge in [-0.15, -0.1) is 0 Å². The van der Waals surface area contributed by atoms with Gasteiger partial charge in [0, 0.05) is 11.1 Å². The molecule has 154 valence electrons. The zero-order valence-corrected chi connectivity index (χ0v) is 17.7. The monoisotopic (exact) mass is 423 g/mol. The maximum Gasteiger partial charge on any atom is 0.257 e. The number of amides is 1. The fourth-order valence-corrected chi connectivity index (χ4v) is 2.99. The van der Waals surface area contributed by atoms with Crippen molar-refractivity contribution in [3.8, 4) is 11.6 Å². The predicted octanol–water partition coefficient (Wildman–Crippen LogP) is 5.44. The van der Waals surface area contributed by atoms with E-state index in [1.54, 1.807) is 30.3 Å². The minimum absolute atomic E-state index is 0.0167. The number of carbonyl (C=O) groups is 1. The average molecular weight is 424 g/mol. The SMILES string of the molecule is CC(C)(C)c1ccccc1Oc1nc(F)ccc1NC(=S)NC(=O)c1ccccc1. The molecule has 5 nitrogen and oxygen atoms in total. The highest BCUT2D eigenvalue weighted by Crippen LogP contribution is 2.35. The van der Waals surface area contributed by atoms with Crippen molar-refractivity contribution in [2.24, 2.45) is 0 Å². The minimum Gasteiger partial charge on any atom is -0.437 e. The van der Waals surface area contributed by atoms with Crippen LogP contribution in [0.25, 0.3) is 0 Å². The Balaban J connectivity index is 1.81. The van der Waals surface area contributed by atoms with E-state index in [9.17, 15) is 9.18 Å². The van der Waals surface area contributed by atoms with Gasteiger partial charge >= 0.3 is 0 Å². The molecule has 0 radical (unpaired) electrons. The predicted molar refractivity (Wildman–Crippen MR) is 120 cm³/mol. The smallest absolute Gasteiger partial charge is 0.257 e. The maximum absolute atomic E-state index is 13.8. The second-order valence-electron chi connectivity index (χ2n) is 7.61. The van der Waals surface area contributed by atoms with Crippen LogP contribution >= 0.6 is 12.2 Å². The van der Waals surface area contributed by atoms with E-state index < -0.39 is 5.95 Å². The van der Waals surface area contributed by atoms with E-state index in [-0.39, 0.29) is 22.3 Å². The first-order chi connectivity index (χ1) is 14.2. The zero-order chi connectivity index (χ0) is 21.7. The van der Waals surface area contributed by atoms with Crippen molar-refractivity contribution >= 4 is 28.9 Å². The Bertz CT molecular complexity index is 1070. The first kappa shape index (κ1) is 21.4. The third-order valence-electron chi connectivity index (χ3n) is 4.24. The molecule has 0 unspecified atom stereocenters. The first-order valence-electron chi connectivity index (χ1n) is 9.35. The molecule has 2 N–H and O–H groups in total. The van der Waals surface area contributed by atoms with Crippen LogP contribution in [0.4, 0.5) is 10.1 Å². The lowest BCUT2D eigenvalue weighted by atomic mass is 9.86. The highest BCUT2D eigenvalue weighted by atomic mass is 32.1. The van der Waals surface area contributed by atoms with Crippen LogP contribution in [0.1, 0.15) is 36.7 Å². The number of rotatable bonds is 4. The third-order valence-corrected chi connectivity index (χ3v) is 4.44. The van der Waals surface area contributed by atoms with Crippen LogP contribution in [0.3, 0.4) is 0 Å². The van der Waals surface area contributed by atoms with Gasteiger partial charge in [0.25, 0.3) is 5.91 Å². The number of halogens is 1. The van der Waals surface area contributed by atoms with Crippen LogP contribution in [0.2, 0.25) is 0 Å². The standard InChI is InChI=1S/C23H22FN3O2S/c1-23(2,3)16-11-7-8-12-18(16)29-21-17(13-14-19(24)26-21)25-22(30)27-20(28)15-9-5-4-6-10-15/h4-14H,1-3H3,(H2,25,27,28,30). The molecular weight excluding hydrogens is 401 g/mol. The van der Waals surface area contributed by atoms with E-state index in [1.165, 1.54) is 12.1 Å². The number of para-hydroxylation sites is 1. The summed E-state index contributed by atoms with van der Waals surface area (Å²) >= 11 is 5.23. The van der Waals surface area contributed by atoms with Crippen LogP contribution < -0.4 is 15.4 Å². The summed E-state index contributed by atoms with van der Waals surface area (Å²) in [5.74, 6) is -0.472. The summed E-state index contributed by atoms with van der Waals surface area (Å²) in [5, 5.41) is 5.50. The molecule has 0 aliphatic carbocycles. The van der Waals surface area contributed by atoms with Crippen molar-refractivity contribution in [1.29, 1.82) is 0 Å². The summed E-state index contributed by atoms with van der Waals surface area (Å²) in [6.45, 7) is 6.17. The second kappa shape index (κ2) is 9.00. The van der Waals surface area contributed by atoms with Gasteiger partial charge < -0.3 is 10.1 Å². The molecule has 0 spiro atoms. The van der Waals surface area contributed by atoms with E-state index in [0.29, 0.717) is 17.0 Å². The molecule has 3 aromatic rings. The maximum atomic E-state index is 13.8. The Morgan fingerprint density at radius 3 is 2.37 bits per heavy atom. The largest absolute Gasteiger partial charge is 0.437 e. The molecule has 2 aromatic carbocycles. The molecule has 0 bridgehead atoms. The normalized spacial score (nSPS) is 10.9. The van der Waals surface area contributed by atoms with Crippen molar-refractivity contribution in [3.05, 3.63) is 83.8 Å². The van der Waals surface area contributed by atoms with E-state index >= 15 is 0 Å². The van der Waals surface area contributed by atoms with Gasteiger partial charge in [0.2, 0.25) is 11.8 Å². The average Bonchev–Trinajstić information content (AvgIpc) is 2.70. The first-order valence-corrected chi connectivity index (χ1v) is 9.76. The number of pyridine rings is 1. The molecule has 1 heterocycles. The number of anilines is 1. The molecule has 0 saturated heterocycles. The van der Waals surface area contributed by atoms with E-state index in [4.69, 9.17) is 17.0 Å². The highest BCUT2D eigenvalue weighted by Gasteiger charge is 2.20. The van der Waals surface area contributed by atoms with Crippen LogP contribution in [0.15, 0.2) is 66.7 Å². The number of nitrogens with zero attached hydrogens (tertiary/aromatic N) is 1. The highest BCUT2D eigenvalue weighted by molar-refractivity contribution is 7.80. The fourth-order valence-electron chi connectivity index (χ4n) is 2.79. The Labute approximate surface area is 180 Å². The molecular formula is C23H22FN3O2S. The molecule has 0 aliphatic heterocycles. The van der Waals surface area contributed by atoms with Gasteiger partial charge in [0.15, 0.2) is 5.11 Å². The van der Waals surface area contributed by atoms with Gasteiger partial charge in [-0.1, -0.05) is 57.2 Å². The Morgan fingerprint density at radius 1 is 1.00 bits per heavy atom. The molecule has 0 aliphatic rings. The summed E-state index contributed by atoms with van der Waals surface area (Å²) in [5.41, 5.74) is 1.56. The lowest BCUT2D eigenvalue weighted by Gasteiger charge is -2.23. The molecule has 3 rings (SSSR count). The van der Waals surface area contributed by atoms with Crippen LogP contribution in [-0.2, 0) is 5.41 Å². The number of ether oxygens (including phenoxy) is 1. The molecule has 0 atom stereocenters. The van der Waals surface area contributed by atoms with Crippen molar-refractivity contribution in [1.82, 2.24) is 10.3 Å². The zero-order valence-electron chi connectivity index (χ0n) is 16.9. The van der Waals surface area contributed by atoms with Crippen molar-refractivity contribution in [2.75, 3.05) is 5.32 Å². The Hall–Kier alpha value is -3.32. The van der Waals surface area contributed by atoms with E-state index in [1.807, 2.05) is 24.3 Å². The number of carbonyl (C=O) groups excluding carboxylic acids is 1. The number of hydrogen-bond acceptors (Lipinski definition) is 4. The molecule has 30 heavy (non-hydrogen) atoms. The van der Waals surface area contributed by atoms with Gasteiger partial charge in [-0.25, -0.2) is 0 Å². The minimum atomic E-state index is -0.692. The number of thiocarbonyl (C=S) groups is 1. The summed E-state index contributed by atoms with van der Waals surface area (Å²) in [4.78, 5) is 16.1. The van der Waals surface area contributed by atoms with Crippen molar-refractivity contribution < 1.29 is 13.9 Å². The van der Waals surface area contributed by atoms with Gasteiger partial charge in [-0.2, -0.15) is 9.37 Å². The number of hydrogen-bond donors (Lipinski definition) is 2. The summed E-state index contributed by atoms with van der Waals surface area (Å²) in [7, 11) is 0. The van der Waals surface area contributed by atoms with Crippen LogP contribution in [0, 0.1) is 5.95 Å². The number of benzene rings is 2. The van der Waals surface area contributed by atoms with Gasteiger partial charge in [0.1, 0.15) is 11.4 Å². The second-order valence-corrected chi connectivity index (χ2v) is 8.02. The quantitative estimate of drug-likeness (QED) is 0.432. The van der Waals surface area contributed by atoms with Gasteiger partial charge in [-0.05, 0) is 48.0 Å². The third kappa shape index (κ3) is 5.39. The lowest BCUT2D eigenvalue weighted by Crippen LogP contribution is -2.34. The van der Waals surface area contributed by atoms with Gasteiger partial charge in [0.05, 0.1) is 0 Å². The summed E-state index contributed by atoms with van der Waals surface area (Å²) in [6.07, 6.45) is 0. The molecule has 7 heteroatoms. The van der Waals surface area contributed by atoms with Crippen LogP contribution in [0.5, 0.6) is 11.6 Å². The van der Waals surface area contributed by atoms with Gasteiger partial charge in [-0.3, -0.25) is 10.1 Å². The molecule has 0 fully saturated rings. The van der Waals surface area contributed by atoms with E-state index in [0.717, 1.165) is 5.56 Å². The van der Waals surface area contributed by atoms with Crippen molar-refractivity contribution in [3.63, 3.8) is 0 Å². The summed E-state index contributed by atoms with van der Waals surface area (Å²) in [6, 6.07) is 18.8. The number of aromatic nitrogens is 1. The molecule has 1 aromatic heterocycles. The fraction of sp³-hybridized carbons (Fsp3) is 0.174. The summed E-state index contributed by atoms with van der Waals surface area (Å²) < 4.78 is 19.8. The van der Waals surface area contributed by atoms with Crippen molar-refractivity contribution in [2.45, 2.75) is 26.2 Å². The van der Waals surface area contributed by atoms with Crippen LogP contribution in [-0.4, -0.2) is 16.0 Å². The molecule has 1 amide bonds.